The number of nitrogens with zero attached hydrogens (tertiary/aromatic N) is 5. The number of benzene rings is 7. The first kappa shape index (κ1) is 34.4. The molecule has 0 unspecified atom stereocenters. The van der Waals surface area contributed by atoms with E-state index in [2.05, 4.69) is 176 Å². The van der Waals surface area contributed by atoms with E-state index in [-0.39, 0.29) is 5.41 Å². The van der Waals surface area contributed by atoms with Crippen LogP contribution in [0, 0.1) is 23.7 Å². The maximum absolute atomic E-state index is 5.26. The lowest BCUT2D eigenvalue weighted by Crippen LogP contribution is -2.55. The average molecular weight is 810 g/mol. The van der Waals surface area contributed by atoms with Gasteiger partial charge in [-0.3, -0.25) is 14.1 Å². The fourth-order valence-corrected chi connectivity index (χ4v) is 14.0. The Morgan fingerprint density at radius 2 is 1.03 bits per heavy atom. The second kappa shape index (κ2) is 12.4. The summed E-state index contributed by atoms with van der Waals surface area (Å²) >= 11 is 0. The van der Waals surface area contributed by atoms with Crippen LogP contribution in [0.2, 0.25) is 0 Å². The van der Waals surface area contributed by atoms with Gasteiger partial charge in [0.15, 0.2) is 0 Å². The Labute approximate surface area is 364 Å². The van der Waals surface area contributed by atoms with Crippen molar-refractivity contribution in [1.82, 2.24) is 23.7 Å². The molecular weight excluding hydrogens is 767 g/mol. The first-order valence-electron chi connectivity index (χ1n) is 22.9. The van der Waals surface area contributed by atoms with Gasteiger partial charge in [-0.1, -0.05) is 97.1 Å². The first-order chi connectivity index (χ1) is 31.2. The molecule has 0 saturated heterocycles. The van der Waals surface area contributed by atoms with Crippen LogP contribution in [0.25, 0.3) is 94.2 Å². The molecule has 7 aromatic carbocycles. The highest BCUT2D eigenvalue weighted by atomic mass is 15.2. The van der Waals surface area contributed by atoms with E-state index >= 15 is 0 Å². The van der Waals surface area contributed by atoms with Gasteiger partial charge in [0, 0.05) is 44.5 Å². The molecule has 5 aliphatic rings. The van der Waals surface area contributed by atoms with E-state index in [1.54, 1.807) is 11.1 Å². The third-order valence-electron chi connectivity index (χ3n) is 16.1. The Morgan fingerprint density at radius 3 is 1.76 bits per heavy atom. The molecule has 1 spiro atoms. The van der Waals surface area contributed by atoms with Crippen LogP contribution in [-0.2, 0) is 5.41 Å². The lowest BCUT2D eigenvalue weighted by atomic mass is 9.43. The minimum Gasteiger partial charge on any atom is -0.309 e. The first-order valence-corrected chi connectivity index (χ1v) is 22.9. The molecular formula is C58H43N5. The molecule has 5 nitrogen and oxygen atoms in total. The van der Waals surface area contributed by atoms with Gasteiger partial charge in [0.1, 0.15) is 0 Å². The Morgan fingerprint density at radius 1 is 0.429 bits per heavy atom. The van der Waals surface area contributed by atoms with Gasteiger partial charge in [0.2, 0.25) is 5.95 Å². The van der Waals surface area contributed by atoms with Gasteiger partial charge in [-0.15, -0.1) is 0 Å². The van der Waals surface area contributed by atoms with E-state index in [0.29, 0.717) is 0 Å². The fraction of sp³-hybridized carbons (Fsp3) is 0.172. The zero-order valence-corrected chi connectivity index (χ0v) is 34.8. The number of imidazole rings is 1. The van der Waals surface area contributed by atoms with Crippen LogP contribution in [0.1, 0.15) is 43.2 Å². The third-order valence-corrected chi connectivity index (χ3v) is 16.1. The second-order valence-corrected chi connectivity index (χ2v) is 19.1. The molecule has 4 aromatic heterocycles. The number of fused-ring (bicyclic) bond motifs is 10. The average Bonchev–Trinajstić information content (AvgIpc) is 4.06. The molecule has 5 aliphatic carbocycles. The van der Waals surface area contributed by atoms with E-state index in [1.807, 2.05) is 18.5 Å². The van der Waals surface area contributed by atoms with Crippen LogP contribution >= 0.6 is 0 Å². The molecule has 0 aliphatic heterocycles. The summed E-state index contributed by atoms with van der Waals surface area (Å²) in [5, 5.41) is 4.97. The van der Waals surface area contributed by atoms with Gasteiger partial charge >= 0.3 is 0 Å². The predicted molar refractivity (Wildman–Crippen MR) is 256 cm³/mol. The topological polar surface area (TPSA) is 40.6 Å². The summed E-state index contributed by atoms with van der Waals surface area (Å²) in [5.74, 6) is 4.17. The number of hydrogen-bond acceptors (Lipinski definition) is 2. The van der Waals surface area contributed by atoms with Crippen molar-refractivity contribution >= 4 is 54.6 Å². The standard InChI is InChI=1S/C58H43N5/c1-2-10-41(11-3-1)62-56-34-59-25-24-51(56)60-57(62)63-53-17-9-6-14-46(53)48-32-38(19-23-55(48)63)37-18-22-54-47(31-37)45-13-5-8-16-52(45)61(54)42-20-21-44-43-12-4-7-15-49(43)58(50(44)33-42)39-27-35-26-36(29-39)30-40(58)28-35/h1-25,31-36,39-40H,26-30H2. The third kappa shape index (κ3) is 4.51. The summed E-state index contributed by atoms with van der Waals surface area (Å²) in [5.41, 5.74) is 17.7. The maximum Gasteiger partial charge on any atom is 0.220 e. The van der Waals surface area contributed by atoms with Gasteiger partial charge < -0.3 is 4.57 Å². The maximum atomic E-state index is 5.26. The lowest BCUT2D eigenvalue weighted by molar-refractivity contribution is -0.0399. The number of rotatable bonds is 4. The summed E-state index contributed by atoms with van der Waals surface area (Å²) < 4.78 is 7.10. The van der Waals surface area contributed by atoms with Crippen molar-refractivity contribution in [3.63, 3.8) is 0 Å². The monoisotopic (exact) mass is 809 g/mol. The van der Waals surface area contributed by atoms with Crippen LogP contribution in [0.4, 0.5) is 0 Å². The predicted octanol–water partition coefficient (Wildman–Crippen LogP) is 14.0. The summed E-state index contributed by atoms with van der Waals surface area (Å²) in [7, 11) is 0. The van der Waals surface area contributed by atoms with Crippen molar-refractivity contribution in [2.45, 2.75) is 37.5 Å². The van der Waals surface area contributed by atoms with Gasteiger partial charge in [0.05, 0.1) is 39.3 Å². The van der Waals surface area contributed by atoms with E-state index in [9.17, 15) is 0 Å². The normalized spacial score (nSPS) is 22.0. The molecule has 0 N–H and O–H groups in total. The molecule has 63 heavy (non-hydrogen) atoms. The van der Waals surface area contributed by atoms with Crippen LogP contribution in [-0.4, -0.2) is 23.7 Å². The molecule has 0 radical (unpaired) electrons. The van der Waals surface area contributed by atoms with Crippen molar-refractivity contribution in [1.29, 1.82) is 0 Å². The van der Waals surface area contributed by atoms with E-state index in [1.165, 1.54) is 92.6 Å². The SMILES string of the molecule is c1ccc(-n2c(-n3c4ccccc4c4cc(-c5ccc6c(c5)c5ccccc5n6-c5ccc6c(c5)C5(c7ccccc7-6)C6CC7CC(C6)CC5C7)ccc43)nc3ccncc32)cc1. The summed E-state index contributed by atoms with van der Waals surface area (Å²) in [6, 6.07) is 61.3. The molecule has 4 heterocycles. The fourth-order valence-electron chi connectivity index (χ4n) is 14.0. The van der Waals surface area contributed by atoms with Crippen LogP contribution in [0.5, 0.6) is 0 Å². The zero-order valence-electron chi connectivity index (χ0n) is 34.8. The van der Waals surface area contributed by atoms with Gasteiger partial charge in [-0.05, 0) is 156 Å². The van der Waals surface area contributed by atoms with Crippen molar-refractivity contribution < 1.29 is 0 Å². The number of aromatic nitrogens is 5. The minimum absolute atomic E-state index is 0.133. The number of hydrogen-bond donors (Lipinski definition) is 0. The second-order valence-electron chi connectivity index (χ2n) is 19.1. The van der Waals surface area contributed by atoms with E-state index in [4.69, 9.17) is 4.98 Å². The molecule has 300 valence electrons. The Hall–Kier alpha value is -7.24. The van der Waals surface area contributed by atoms with Crippen molar-refractivity contribution in [2.75, 3.05) is 0 Å². The molecule has 4 fully saturated rings. The van der Waals surface area contributed by atoms with E-state index < -0.39 is 0 Å². The Kier molecular flexibility index (Phi) is 6.79. The van der Waals surface area contributed by atoms with Crippen LogP contribution in [0.15, 0.2) is 176 Å². The highest BCUT2D eigenvalue weighted by Crippen LogP contribution is 2.69. The molecule has 0 atom stereocenters. The minimum atomic E-state index is 0.133. The lowest BCUT2D eigenvalue weighted by Gasteiger charge is -2.61. The van der Waals surface area contributed by atoms with Gasteiger partial charge in [-0.25, -0.2) is 4.98 Å². The molecule has 11 aromatic rings. The molecule has 0 amide bonds. The summed E-state index contributed by atoms with van der Waals surface area (Å²) in [4.78, 5) is 9.76. The van der Waals surface area contributed by atoms with Crippen LogP contribution < -0.4 is 0 Å². The highest BCUT2D eigenvalue weighted by molar-refractivity contribution is 6.13. The molecule has 16 rings (SSSR count). The Bertz CT molecular complexity index is 3690. The summed E-state index contributed by atoms with van der Waals surface area (Å²) in [6.07, 6.45) is 10.8. The quantitative estimate of drug-likeness (QED) is 0.178. The smallest absolute Gasteiger partial charge is 0.220 e. The molecule has 4 saturated carbocycles. The number of para-hydroxylation sites is 3. The van der Waals surface area contributed by atoms with Crippen molar-refractivity contribution in [3.05, 3.63) is 187 Å². The highest BCUT2D eigenvalue weighted by Gasteiger charge is 2.61. The number of pyridine rings is 1. The summed E-state index contributed by atoms with van der Waals surface area (Å²) in [6.45, 7) is 0. The van der Waals surface area contributed by atoms with Crippen molar-refractivity contribution in [2.24, 2.45) is 23.7 Å². The van der Waals surface area contributed by atoms with Crippen molar-refractivity contribution in [3.8, 4) is 39.6 Å². The van der Waals surface area contributed by atoms with E-state index in [0.717, 1.165) is 57.4 Å². The Balaban J connectivity index is 0.895. The molecule has 4 bridgehead atoms. The van der Waals surface area contributed by atoms with Crippen LogP contribution in [0.3, 0.4) is 0 Å². The molecule has 5 heteroatoms. The van der Waals surface area contributed by atoms with Gasteiger partial charge in [-0.2, -0.15) is 0 Å². The van der Waals surface area contributed by atoms with Gasteiger partial charge in [0.25, 0.3) is 0 Å². The zero-order chi connectivity index (χ0) is 41.0. The largest absolute Gasteiger partial charge is 0.309 e.